The summed E-state index contributed by atoms with van der Waals surface area (Å²) in [5, 5.41) is 0. The molecule has 2 rings (SSSR count). The van der Waals surface area contributed by atoms with Gasteiger partial charge in [-0.3, -0.25) is 0 Å². The number of nitrogens with two attached hydrogens (primary N) is 1. The van der Waals surface area contributed by atoms with E-state index in [2.05, 4.69) is 41.7 Å². The second-order valence-electron chi connectivity index (χ2n) is 6.40. The summed E-state index contributed by atoms with van der Waals surface area (Å²) in [7, 11) is 0. The monoisotopic (exact) mass is 338 g/mol. The number of hydrogen-bond donors (Lipinski definition) is 1. The largest absolute Gasteiger partial charge is 0.441 e. The van der Waals surface area contributed by atoms with Crippen LogP contribution in [0.25, 0.3) is 11.1 Å². The summed E-state index contributed by atoms with van der Waals surface area (Å²) in [4.78, 5) is 4.56. The molecule has 20 heavy (non-hydrogen) atoms. The maximum atomic E-state index is 5.80. The summed E-state index contributed by atoms with van der Waals surface area (Å²) in [6.45, 7) is 7.56. The Bertz CT molecular complexity index is 571. The molecule has 1 unspecified atom stereocenters. The van der Waals surface area contributed by atoms with E-state index in [4.69, 9.17) is 10.2 Å². The SMILES string of the molecule is CC(C)(C)C(CCN)CCc1nc2cc(Br)ccc2o1. The van der Waals surface area contributed by atoms with Gasteiger partial charge in [-0.25, -0.2) is 4.98 Å². The van der Waals surface area contributed by atoms with Gasteiger partial charge in [-0.15, -0.1) is 0 Å². The van der Waals surface area contributed by atoms with Crippen LogP contribution in [0.5, 0.6) is 0 Å². The van der Waals surface area contributed by atoms with Gasteiger partial charge in [0.05, 0.1) is 0 Å². The van der Waals surface area contributed by atoms with Gasteiger partial charge in [-0.05, 0) is 48.9 Å². The Morgan fingerprint density at radius 1 is 1.30 bits per heavy atom. The van der Waals surface area contributed by atoms with Crippen molar-refractivity contribution in [3.8, 4) is 0 Å². The normalized spacial score (nSPS) is 13.8. The maximum Gasteiger partial charge on any atom is 0.195 e. The quantitative estimate of drug-likeness (QED) is 0.870. The molecule has 0 aliphatic rings. The standard InChI is InChI=1S/C16H23BrN2O/c1-16(2,3)11(8-9-18)4-7-15-19-13-10-12(17)5-6-14(13)20-15/h5-6,10-11H,4,7-9,18H2,1-3H3. The number of hydrogen-bond acceptors (Lipinski definition) is 3. The first-order valence-electron chi connectivity index (χ1n) is 7.15. The van der Waals surface area contributed by atoms with Crippen LogP contribution < -0.4 is 5.73 Å². The molecule has 0 bridgehead atoms. The van der Waals surface area contributed by atoms with Crippen molar-refractivity contribution >= 4 is 27.0 Å². The zero-order valence-electron chi connectivity index (χ0n) is 12.4. The van der Waals surface area contributed by atoms with Gasteiger partial charge in [0.15, 0.2) is 11.5 Å². The third-order valence-corrected chi connectivity index (χ3v) is 4.33. The molecule has 4 heteroatoms. The van der Waals surface area contributed by atoms with Crippen molar-refractivity contribution in [2.45, 2.75) is 40.0 Å². The number of oxazole rings is 1. The highest BCUT2D eigenvalue weighted by molar-refractivity contribution is 9.10. The number of rotatable bonds is 5. The summed E-state index contributed by atoms with van der Waals surface area (Å²) in [6.07, 6.45) is 2.98. The van der Waals surface area contributed by atoms with Crippen LogP contribution in [0.15, 0.2) is 27.1 Å². The highest BCUT2D eigenvalue weighted by Gasteiger charge is 2.24. The van der Waals surface area contributed by atoms with Crippen molar-refractivity contribution in [2.75, 3.05) is 6.54 Å². The number of aryl methyl sites for hydroxylation is 1. The average molecular weight is 339 g/mol. The summed E-state index contributed by atoms with van der Waals surface area (Å²) in [6, 6.07) is 5.92. The van der Waals surface area contributed by atoms with E-state index in [-0.39, 0.29) is 5.41 Å². The van der Waals surface area contributed by atoms with Gasteiger partial charge in [-0.1, -0.05) is 36.7 Å². The summed E-state index contributed by atoms with van der Waals surface area (Å²) in [5.41, 5.74) is 7.77. The molecule has 110 valence electrons. The number of aromatic nitrogens is 1. The van der Waals surface area contributed by atoms with Crippen molar-refractivity contribution in [2.24, 2.45) is 17.1 Å². The number of fused-ring (bicyclic) bond motifs is 1. The predicted octanol–water partition coefficient (Wildman–Crippen LogP) is 4.53. The summed E-state index contributed by atoms with van der Waals surface area (Å²) in [5.74, 6) is 1.42. The molecule has 0 fully saturated rings. The van der Waals surface area contributed by atoms with E-state index in [0.29, 0.717) is 5.92 Å². The van der Waals surface area contributed by atoms with Gasteiger partial charge in [0.2, 0.25) is 0 Å². The minimum Gasteiger partial charge on any atom is -0.441 e. The fourth-order valence-corrected chi connectivity index (χ4v) is 2.91. The van der Waals surface area contributed by atoms with Gasteiger partial charge >= 0.3 is 0 Å². The Kier molecular flexibility index (Phi) is 4.86. The van der Waals surface area contributed by atoms with Crippen LogP contribution in [0.1, 0.15) is 39.5 Å². The first-order chi connectivity index (χ1) is 9.40. The maximum absolute atomic E-state index is 5.80. The summed E-state index contributed by atoms with van der Waals surface area (Å²) < 4.78 is 6.83. The van der Waals surface area contributed by atoms with E-state index < -0.39 is 0 Å². The van der Waals surface area contributed by atoms with Gasteiger partial charge in [0.25, 0.3) is 0 Å². The van der Waals surface area contributed by atoms with E-state index in [9.17, 15) is 0 Å². The zero-order chi connectivity index (χ0) is 14.8. The summed E-state index contributed by atoms with van der Waals surface area (Å²) >= 11 is 3.45. The Morgan fingerprint density at radius 3 is 2.70 bits per heavy atom. The topological polar surface area (TPSA) is 52.0 Å². The third kappa shape index (κ3) is 3.83. The lowest BCUT2D eigenvalue weighted by atomic mass is 9.76. The number of halogens is 1. The highest BCUT2D eigenvalue weighted by atomic mass is 79.9. The average Bonchev–Trinajstić information content (AvgIpc) is 2.74. The van der Waals surface area contributed by atoms with Crippen molar-refractivity contribution in [1.29, 1.82) is 0 Å². The molecule has 1 aromatic heterocycles. The van der Waals surface area contributed by atoms with Crippen molar-refractivity contribution in [3.05, 3.63) is 28.6 Å². The first kappa shape index (κ1) is 15.5. The molecule has 0 radical (unpaired) electrons. The van der Waals surface area contributed by atoms with E-state index in [1.54, 1.807) is 0 Å². The molecule has 0 amide bonds. The number of nitrogens with zero attached hydrogens (tertiary/aromatic N) is 1. The van der Waals surface area contributed by atoms with Gasteiger partial charge < -0.3 is 10.2 Å². The van der Waals surface area contributed by atoms with Crippen molar-refractivity contribution in [1.82, 2.24) is 4.98 Å². The zero-order valence-corrected chi connectivity index (χ0v) is 14.0. The van der Waals surface area contributed by atoms with Gasteiger partial charge in [0, 0.05) is 10.9 Å². The molecule has 2 aromatic rings. The predicted molar refractivity (Wildman–Crippen MR) is 86.6 cm³/mol. The van der Waals surface area contributed by atoms with E-state index in [1.165, 1.54) is 0 Å². The lowest BCUT2D eigenvalue weighted by Crippen LogP contribution is -2.24. The lowest BCUT2D eigenvalue weighted by Gasteiger charge is -2.30. The number of benzene rings is 1. The van der Waals surface area contributed by atoms with Crippen molar-refractivity contribution in [3.63, 3.8) is 0 Å². The molecule has 3 nitrogen and oxygen atoms in total. The van der Waals surface area contributed by atoms with Crippen LogP contribution in [-0.2, 0) is 6.42 Å². The molecule has 0 aliphatic carbocycles. The molecule has 0 aliphatic heterocycles. The first-order valence-corrected chi connectivity index (χ1v) is 7.94. The molecular weight excluding hydrogens is 316 g/mol. The molecule has 1 atom stereocenters. The lowest BCUT2D eigenvalue weighted by molar-refractivity contribution is 0.211. The van der Waals surface area contributed by atoms with Crippen LogP contribution in [0, 0.1) is 11.3 Å². The molecule has 1 heterocycles. The Hall–Kier alpha value is -0.870. The van der Waals surface area contributed by atoms with Crippen LogP contribution in [-0.4, -0.2) is 11.5 Å². The molecular formula is C16H23BrN2O. The fraction of sp³-hybridized carbons (Fsp3) is 0.562. The third-order valence-electron chi connectivity index (χ3n) is 3.84. The van der Waals surface area contributed by atoms with Crippen LogP contribution in [0.4, 0.5) is 0 Å². The molecule has 1 aromatic carbocycles. The minimum absolute atomic E-state index is 0.272. The van der Waals surface area contributed by atoms with E-state index in [1.807, 2.05) is 18.2 Å². The van der Waals surface area contributed by atoms with Gasteiger partial charge in [-0.2, -0.15) is 0 Å². The van der Waals surface area contributed by atoms with E-state index in [0.717, 1.165) is 47.3 Å². The molecule has 0 saturated heterocycles. The second-order valence-corrected chi connectivity index (χ2v) is 7.31. The Morgan fingerprint density at radius 2 is 2.05 bits per heavy atom. The fourth-order valence-electron chi connectivity index (χ4n) is 2.56. The molecule has 0 spiro atoms. The van der Waals surface area contributed by atoms with E-state index >= 15 is 0 Å². The van der Waals surface area contributed by atoms with Crippen LogP contribution >= 0.6 is 15.9 Å². The van der Waals surface area contributed by atoms with Crippen molar-refractivity contribution < 1.29 is 4.42 Å². The Balaban J connectivity index is 2.07. The molecule has 0 saturated carbocycles. The Labute approximate surface area is 129 Å². The van der Waals surface area contributed by atoms with Crippen LogP contribution in [0.2, 0.25) is 0 Å². The van der Waals surface area contributed by atoms with Crippen LogP contribution in [0.3, 0.4) is 0 Å². The minimum atomic E-state index is 0.272. The molecule has 2 N–H and O–H groups in total. The highest BCUT2D eigenvalue weighted by Crippen LogP contribution is 2.32. The van der Waals surface area contributed by atoms with Gasteiger partial charge in [0.1, 0.15) is 5.52 Å². The smallest absolute Gasteiger partial charge is 0.195 e. The second kappa shape index (κ2) is 6.27.